The molecule has 2 rings (SSSR count). The molecule has 2 aromatic rings. The largest absolute Gasteiger partial charge is 0.282 e. The van der Waals surface area contributed by atoms with E-state index in [-0.39, 0.29) is 10.2 Å². The van der Waals surface area contributed by atoms with Crippen molar-refractivity contribution in [1.29, 1.82) is 0 Å². The van der Waals surface area contributed by atoms with E-state index in [1.165, 1.54) is 18.2 Å². The highest BCUT2D eigenvalue weighted by Gasteiger charge is 2.05. The van der Waals surface area contributed by atoms with Gasteiger partial charge in [0.05, 0.1) is 0 Å². The number of thioether (sulfide) groups is 2. The second-order valence-electron chi connectivity index (χ2n) is 4.84. The highest BCUT2D eigenvalue weighted by atomic mass is 32.2. The van der Waals surface area contributed by atoms with E-state index in [4.69, 9.17) is 0 Å². The molecule has 0 radical (unpaired) electrons. The van der Waals surface area contributed by atoms with Crippen molar-refractivity contribution in [3.8, 4) is 0 Å². The number of hydrogen-bond acceptors (Lipinski definition) is 4. The fourth-order valence-corrected chi connectivity index (χ4v) is 3.06. The average molecular weight is 370 g/mol. The summed E-state index contributed by atoms with van der Waals surface area (Å²) in [5.41, 5.74) is 1.31. The summed E-state index contributed by atoms with van der Waals surface area (Å²) >= 11 is 2.03. The fourth-order valence-electron chi connectivity index (χ4n) is 1.86. The minimum Gasteiger partial charge on any atom is -0.282 e. The van der Waals surface area contributed by atoms with Crippen LogP contribution >= 0.6 is 23.5 Å². The molecule has 0 aliphatic carbocycles. The molecule has 0 fully saturated rings. The SMILES string of the molecule is C=CC(=O)Sc1ccc(/C=C/c2ccc(SC(=O)C=C)cc2F)cc1. The first kappa shape index (κ1) is 19.0. The Labute approximate surface area is 154 Å². The number of halogens is 1. The van der Waals surface area contributed by atoms with Crippen LogP contribution in [0.2, 0.25) is 0 Å². The summed E-state index contributed by atoms with van der Waals surface area (Å²) < 4.78 is 14.1. The maximum Gasteiger partial charge on any atom is 0.216 e. The molecule has 0 saturated carbocycles. The van der Waals surface area contributed by atoms with Crippen molar-refractivity contribution >= 4 is 45.9 Å². The van der Waals surface area contributed by atoms with Crippen molar-refractivity contribution in [3.05, 3.63) is 84.7 Å². The normalized spacial score (nSPS) is 10.6. The molecular formula is C20H15FO2S2. The molecule has 0 unspecified atom stereocenters. The van der Waals surface area contributed by atoms with Gasteiger partial charge in [-0.2, -0.15) is 0 Å². The van der Waals surface area contributed by atoms with Crippen molar-refractivity contribution in [2.24, 2.45) is 0 Å². The zero-order valence-electron chi connectivity index (χ0n) is 13.3. The minimum absolute atomic E-state index is 0.113. The lowest BCUT2D eigenvalue weighted by atomic mass is 10.1. The second kappa shape index (κ2) is 9.20. The summed E-state index contributed by atoms with van der Waals surface area (Å²) in [5.74, 6) is -0.401. The maximum absolute atomic E-state index is 14.1. The third-order valence-corrected chi connectivity index (χ3v) is 4.81. The summed E-state index contributed by atoms with van der Waals surface area (Å²) in [4.78, 5) is 23.9. The third-order valence-electron chi connectivity index (χ3n) is 3.08. The predicted octanol–water partition coefficient (Wildman–Crippen LogP) is 5.61. The van der Waals surface area contributed by atoms with Crippen LogP contribution in [0.15, 0.2) is 77.6 Å². The van der Waals surface area contributed by atoms with Crippen LogP contribution in [0.25, 0.3) is 12.2 Å². The Bertz CT molecular complexity index is 839. The van der Waals surface area contributed by atoms with E-state index < -0.39 is 5.82 Å². The molecule has 5 heteroatoms. The zero-order chi connectivity index (χ0) is 18.2. The lowest BCUT2D eigenvalue weighted by Crippen LogP contribution is -1.87. The molecule has 2 aromatic carbocycles. The van der Waals surface area contributed by atoms with Crippen molar-refractivity contribution < 1.29 is 14.0 Å². The monoisotopic (exact) mass is 370 g/mol. The molecule has 0 heterocycles. The lowest BCUT2D eigenvalue weighted by Gasteiger charge is -2.02. The highest BCUT2D eigenvalue weighted by molar-refractivity contribution is 8.14. The first-order valence-electron chi connectivity index (χ1n) is 7.28. The topological polar surface area (TPSA) is 34.1 Å². The Kier molecular flexibility index (Phi) is 6.98. The number of rotatable bonds is 6. The molecule has 0 bridgehead atoms. The summed E-state index contributed by atoms with van der Waals surface area (Å²) in [7, 11) is 0. The van der Waals surface area contributed by atoms with Gasteiger partial charge in [-0.25, -0.2) is 4.39 Å². The molecule has 0 amide bonds. The van der Waals surface area contributed by atoms with Gasteiger partial charge < -0.3 is 0 Å². The number of carbonyl (C=O) groups excluding carboxylic acids is 2. The van der Waals surface area contributed by atoms with Gasteiger partial charge in [-0.1, -0.05) is 43.5 Å². The van der Waals surface area contributed by atoms with E-state index in [1.807, 2.05) is 24.3 Å². The van der Waals surface area contributed by atoms with Crippen LogP contribution in [0.4, 0.5) is 4.39 Å². The molecule has 0 atom stereocenters. The van der Waals surface area contributed by atoms with Gasteiger partial charge >= 0.3 is 0 Å². The van der Waals surface area contributed by atoms with Crippen molar-refractivity contribution in [1.82, 2.24) is 0 Å². The Hall–Kier alpha value is -2.37. The van der Waals surface area contributed by atoms with Crippen LogP contribution in [0, 0.1) is 5.82 Å². The molecule has 25 heavy (non-hydrogen) atoms. The molecular weight excluding hydrogens is 355 g/mol. The summed E-state index contributed by atoms with van der Waals surface area (Å²) in [6.07, 6.45) is 5.91. The van der Waals surface area contributed by atoms with Gasteiger partial charge in [0.25, 0.3) is 0 Å². The molecule has 0 aliphatic rings. The van der Waals surface area contributed by atoms with Crippen LogP contribution < -0.4 is 0 Å². The first-order chi connectivity index (χ1) is 12.0. The molecule has 126 valence electrons. The molecule has 0 aliphatic heterocycles. The van der Waals surface area contributed by atoms with Gasteiger partial charge in [0.2, 0.25) is 10.2 Å². The van der Waals surface area contributed by atoms with Crippen molar-refractivity contribution in [3.63, 3.8) is 0 Å². The average Bonchev–Trinajstić information content (AvgIpc) is 2.62. The summed E-state index contributed by atoms with van der Waals surface area (Å²) in [6.45, 7) is 6.82. The minimum atomic E-state index is -0.401. The van der Waals surface area contributed by atoms with Gasteiger partial charge in [-0.15, -0.1) is 0 Å². The van der Waals surface area contributed by atoms with Gasteiger partial charge in [-0.05, 0) is 65.5 Å². The van der Waals surface area contributed by atoms with Crippen LogP contribution in [0.5, 0.6) is 0 Å². The van der Waals surface area contributed by atoms with Gasteiger partial charge in [0.15, 0.2) is 0 Å². The van der Waals surface area contributed by atoms with E-state index in [1.54, 1.807) is 24.3 Å². The van der Waals surface area contributed by atoms with E-state index >= 15 is 0 Å². The Morgan fingerprint density at radius 1 is 0.840 bits per heavy atom. The third kappa shape index (κ3) is 5.89. The standard InChI is InChI=1S/C20H15FO2S2/c1-3-19(22)24-16-10-6-14(7-11-16)5-8-15-9-12-17(13-18(15)21)25-20(23)4-2/h3-13H,1-2H2/b8-5+. The van der Waals surface area contributed by atoms with Crippen LogP contribution in [0.3, 0.4) is 0 Å². The van der Waals surface area contributed by atoms with Crippen molar-refractivity contribution in [2.45, 2.75) is 9.79 Å². The van der Waals surface area contributed by atoms with Gasteiger partial charge in [0.1, 0.15) is 5.82 Å². The van der Waals surface area contributed by atoms with E-state index in [9.17, 15) is 14.0 Å². The Morgan fingerprint density at radius 3 is 1.96 bits per heavy atom. The van der Waals surface area contributed by atoms with Crippen molar-refractivity contribution in [2.75, 3.05) is 0 Å². The van der Waals surface area contributed by atoms with Crippen LogP contribution in [-0.4, -0.2) is 10.2 Å². The maximum atomic E-state index is 14.1. The number of benzene rings is 2. The highest BCUT2D eigenvalue weighted by Crippen LogP contribution is 2.24. The number of carbonyl (C=O) groups is 2. The fraction of sp³-hybridized carbons (Fsp3) is 0. The molecule has 0 aromatic heterocycles. The Balaban J connectivity index is 2.08. The molecule has 0 spiro atoms. The van der Waals surface area contributed by atoms with Crippen LogP contribution in [-0.2, 0) is 9.59 Å². The molecule has 0 N–H and O–H groups in total. The lowest BCUT2D eigenvalue weighted by molar-refractivity contribution is -0.107. The number of hydrogen-bond donors (Lipinski definition) is 0. The second-order valence-corrected chi connectivity index (χ2v) is 6.99. The van der Waals surface area contributed by atoms with Gasteiger partial charge in [-0.3, -0.25) is 9.59 Å². The van der Waals surface area contributed by atoms with E-state index in [0.717, 1.165) is 34.0 Å². The smallest absolute Gasteiger partial charge is 0.216 e. The molecule has 2 nitrogen and oxygen atoms in total. The van der Waals surface area contributed by atoms with E-state index in [2.05, 4.69) is 13.2 Å². The first-order valence-corrected chi connectivity index (χ1v) is 8.91. The quantitative estimate of drug-likeness (QED) is 0.376. The predicted molar refractivity (Wildman–Crippen MR) is 104 cm³/mol. The van der Waals surface area contributed by atoms with E-state index in [0.29, 0.717) is 10.5 Å². The van der Waals surface area contributed by atoms with Gasteiger partial charge in [0, 0.05) is 15.4 Å². The summed E-state index contributed by atoms with van der Waals surface area (Å²) in [6, 6.07) is 12.0. The zero-order valence-corrected chi connectivity index (χ0v) is 14.9. The Morgan fingerprint density at radius 2 is 1.40 bits per heavy atom. The molecule has 0 saturated heterocycles. The summed E-state index contributed by atoms with van der Waals surface area (Å²) in [5, 5.41) is -0.339. The van der Waals surface area contributed by atoms with Crippen LogP contribution in [0.1, 0.15) is 11.1 Å².